The van der Waals surface area contributed by atoms with Crippen LogP contribution in [0.1, 0.15) is 20.8 Å². The van der Waals surface area contributed by atoms with Crippen LogP contribution >= 0.6 is 11.6 Å². The van der Waals surface area contributed by atoms with E-state index in [-0.39, 0.29) is 18.5 Å². The van der Waals surface area contributed by atoms with Crippen LogP contribution in [0.4, 0.5) is 5.69 Å². The van der Waals surface area contributed by atoms with Crippen molar-refractivity contribution >= 4 is 23.2 Å². The van der Waals surface area contributed by atoms with E-state index in [1.54, 1.807) is 0 Å². The zero-order valence-electron chi connectivity index (χ0n) is 12.3. The second kappa shape index (κ2) is 8.82. The largest absolute Gasteiger partial charge is 0.492 e. The Hall–Kier alpha value is -1.26. The van der Waals surface area contributed by atoms with Crippen molar-refractivity contribution in [2.75, 3.05) is 30.7 Å². The normalized spacial score (nSPS) is 10.7. The van der Waals surface area contributed by atoms with Crippen molar-refractivity contribution in [1.82, 2.24) is 0 Å². The SMILES string of the molecule is CCOc1ccccc1N(COCC(C)C)C(=O)CCl. The van der Waals surface area contributed by atoms with Gasteiger partial charge in [-0.15, -0.1) is 11.6 Å². The third-order valence-electron chi connectivity index (χ3n) is 2.54. The van der Waals surface area contributed by atoms with E-state index in [4.69, 9.17) is 21.1 Å². The van der Waals surface area contributed by atoms with E-state index >= 15 is 0 Å². The van der Waals surface area contributed by atoms with Crippen LogP contribution in [-0.4, -0.2) is 31.7 Å². The summed E-state index contributed by atoms with van der Waals surface area (Å²) in [6, 6.07) is 7.38. The standard InChI is InChI=1S/C15H22ClNO3/c1-4-20-14-8-6-5-7-13(14)17(15(18)9-16)11-19-10-12(2)3/h5-8,12H,4,9-11H2,1-3H3. The van der Waals surface area contributed by atoms with Crippen molar-refractivity contribution in [3.8, 4) is 5.75 Å². The molecule has 20 heavy (non-hydrogen) atoms. The molecule has 0 bridgehead atoms. The fourth-order valence-electron chi connectivity index (χ4n) is 1.69. The van der Waals surface area contributed by atoms with Crippen LogP contribution in [-0.2, 0) is 9.53 Å². The first-order chi connectivity index (χ1) is 9.60. The molecule has 0 aliphatic heterocycles. The smallest absolute Gasteiger partial charge is 0.243 e. The monoisotopic (exact) mass is 299 g/mol. The Bertz CT molecular complexity index is 423. The Morgan fingerprint density at radius 1 is 1.35 bits per heavy atom. The van der Waals surface area contributed by atoms with E-state index in [1.165, 1.54) is 4.90 Å². The third-order valence-corrected chi connectivity index (χ3v) is 2.77. The molecule has 0 atom stereocenters. The highest BCUT2D eigenvalue weighted by Gasteiger charge is 2.18. The number of halogens is 1. The molecular formula is C15H22ClNO3. The number of para-hydroxylation sites is 2. The van der Waals surface area contributed by atoms with Crippen LogP contribution in [0.15, 0.2) is 24.3 Å². The molecule has 1 aromatic rings. The number of carbonyl (C=O) groups excluding carboxylic acids is 1. The maximum absolute atomic E-state index is 12.0. The predicted octanol–water partition coefficient (Wildman–Crippen LogP) is 3.29. The molecule has 0 unspecified atom stereocenters. The molecule has 112 valence electrons. The summed E-state index contributed by atoms with van der Waals surface area (Å²) in [7, 11) is 0. The minimum absolute atomic E-state index is 0.0918. The van der Waals surface area contributed by atoms with Crippen LogP contribution in [0, 0.1) is 5.92 Å². The first kappa shape index (κ1) is 16.8. The Morgan fingerprint density at radius 3 is 2.65 bits per heavy atom. The van der Waals surface area contributed by atoms with E-state index in [0.29, 0.717) is 30.6 Å². The minimum atomic E-state index is -0.206. The molecule has 5 heteroatoms. The lowest BCUT2D eigenvalue weighted by Crippen LogP contribution is -2.35. The molecule has 4 nitrogen and oxygen atoms in total. The fraction of sp³-hybridized carbons (Fsp3) is 0.533. The van der Waals surface area contributed by atoms with E-state index in [2.05, 4.69) is 13.8 Å². The summed E-state index contributed by atoms with van der Waals surface area (Å²) in [6.07, 6.45) is 0. The predicted molar refractivity (Wildman–Crippen MR) is 81.5 cm³/mol. The van der Waals surface area contributed by atoms with Gasteiger partial charge in [0.1, 0.15) is 18.4 Å². The van der Waals surface area contributed by atoms with Crippen LogP contribution in [0.3, 0.4) is 0 Å². The maximum atomic E-state index is 12.0. The van der Waals surface area contributed by atoms with Crippen molar-refractivity contribution in [1.29, 1.82) is 0 Å². The van der Waals surface area contributed by atoms with E-state index < -0.39 is 0 Å². The zero-order chi connectivity index (χ0) is 15.0. The highest BCUT2D eigenvalue weighted by Crippen LogP contribution is 2.28. The van der Waals surface area contributed by atoms with E-state index in [9.17, 15) is 4.79 Å². The van der Waals surface area contributed by atoms with Gasteiger partial charge in [0.25, 0.3) is 0 Å². The van der Waals surface area contributed by atoms with Gasteiger partial charge < -0.3 is 9.47 Å². The molecule has 1 amide bonds. The summed E-state index contributed by atoms with van der Waals surface area (Å²) in [5.74, 6) is 0.764. The van der Waals surface area contributed by atoms with Crippen molar-refractivity contribution < 1.29 is 14.3 Å². The zero-order valence-corrected chi connectivity index (χ0v) is 13.0. The number of amides is 1. The molecule has 1 aromatic carbocycles. The molecule has 0 heterocycles. The molecule has 0 aliphatic carbocycles. The summed E-state index contributed by atoms with van der Waals surface area (Å²) in [4.78, 5) is 13.5. The van der Waals surface area contributed by atoms with Crippen LogP contribution in [0.5, 0.6) is 5.75 Å². The maximum Gasteiger partial charge on any atom is 0.243 e. The topological polar surface area (TPSA) is 38.8 Å². The fourth-order valence-corrected chi connectivity index (χ4v) is 1.83. The highest BCUT2D eigenvalue weighted by molar-refractivity contribution is 6.29. The Balaban J connectivity index is 2.89. The van der Waals surface area contributed by atoms with Gasteiger partial charge in [0.05, 0.1) is 18.9 Å². The van der Waals surface area contributed by atoms with Gasteiger partial charge in [-0.3, -0.25) is 9.69 Å². The second-order valence-corrected chi connectivity index (χ2v) is 5.02. The molecule has 0 aromatic heterocycles. The number of hydrogen-bond donors (Lipinski definition) is 0. The van der Waals surface area contributed by atoms with Gasteiger partial charge >= 0.3 is 0 Å². The molecule has 1 rings (SSSR count). The van der Waals surface area contributed by atoms with Gasteiger partial charge in [-0.05, 0) is 25.0 Å². The lowest BCUT2D eigenvalue weighted by Gasteiger charge is -2.24. The van der Waals surface area contributed by atoms with Gasteiger partial charge in [0, 0.05) is 0 Å². The van der Waals surface area contributed by atoms with E-state index in [1.807, 2.05) is 31.2 Å². The summed E-state index contributed by atoms with van der Waals surface area (Å²) in [6.45, 7) is 7.31. The van der Waals surface area contributed by atoms with Crippen molar-refractivity contribution in [3.63, 3.8) is 0 Å². The Labute approximate surface area is 125 Å². The summed E-state index contributed by atoms with van der Waals surface area (Å²) < 4.78 is 11.1. The number of carbonyl (C=O) groups is 1. The number of hydrogen-bond acceptors (Lipinski definition) is 3. The van der Waals surface area contributed by atoms with Crippen molar-refractivity contribution in [2.24, 2.45) is 5.92 Å². The van der Waals surface area contributed by atoms with Gasteiger partial charge in [0.15, 0.2) is 0 Å². The lowest BCUT2D eigenvalue weighted by molar-refractivity contribution is -0.117. The van der Waals surface area contributed by atoms with Crippen molar-refractivity contribution in [2.45, 2.75) is 20.8 Å². The number of nitrogens with zero attached hydrogens (tertiary/aromatic N) is 1. The van der Waals surface area contributed by atoms with Crippen molar-refractivity contribution in [3.05, 3.63) is 24.3 Å². The van der Waals surface area contributed by atoms with E-state index in [0.717, 1.165) is 0 Å². The van der Waals surface area contributed by atoms with Gasteiger partial charge in [0.2, 0.25) is 5.91 Å². The Morgan fingerprint density at radius 2 is 2.05 bits per heavy atom. The molecule has 0 saturated heterocycles. The molecule has 0 aliphatic rings. The number of benzene rings is 1. The average Bonchev–Trinajstić information content (AvgIpc) is 2.44. The van der Waals surface area contributed by atoms with Gasteiger partial charge in [-0.25, -0.2) is 0 Å². The molecule has 0 fully saturated rings. The summed E-state index contributed by atoms with van der Waals surface area (Å²) in [5, 5.41) is 0. The number of ether oxygens (including phenoxy) is 2. The summed E-state index contributed by atoms with van der Waals surface area (Å²) >= 11 is 5.68. The molecular weight excluding hydrogens is 278 g/mol. The van der Waals surface area contributed by atoms with Gasteiger partial charge in [-0.2, -0.15) is 0 Å². The third kappa shape index (κ3) is 5.02. The second-order valence-electron chi connectivity index (χ2n) is 4.75. The molecule has 0 spiro atoms. The quantitative estimate of drug-likeness (QED) is 0.546. The average molecular weight is 300 g/mol. The molecule has 0 saturated carbocycles. The number of alkyl halides is 1. The van der Waals surface area contributed by atoms with Crippen LogP contribution in [0.2, 0.25) is 0 Å². The first-order valence-electron chi connectivity index (χ1n) is 6.76. The van der Waals surface area contributed by atoms with Crippen LogP contribution < -0.4 is 9.64 Å². The Kier molecular flexibility index (Phi) is 7.41. The lowest BCUT2D eigenvalue weighted by atomic mass is 10.2. The summed E-state index contributed by atoms with van der Waals surface area (Å²) in [5.41, 5.74) is 0.684. The molecule has 0 N–H and O–H groups in total. The number of rotatable bonds is 8. The minimum Gasteiger partial charge on any atom is -0.492 e. The first-order valence-corrected chi connectivity index (χ1v) is 7.29. The van der Waals surface area contributed by atoms with Gasteiger partial charge in [-0.1, -0.05) is 26.0 Å². The van der Waals surface area contributed by atoms with Crippen LogP contribution in [0.25, 0.3) is 0 Å². The highest BCUT2D eigenvalue weighted by atomic mass is 35.5. The number of anilines is 1. The molecule has 0 radical (unpaired) electrons.